The van der Waals surface area contributed by atoms with Gasteiger partial charge in [0.1, 0.15) is 17.4 Å². The highest BCUT2D eigenvalue weighted by molar-refractivity contribution is 5.95. The topological polar surface area (TPSA) is 116 Å². The number of anilines is 3. The quantitative estimate of drug-likeness (QED) is 0.761. The molecule has 1 atom stereocenters. The first-order chi connectivity index (χ1) is 10.1. The van der Waals surface area contributed by atoms with Crippen molar-refractivity contribution in [1.29, 1.82) is 0 Å². The van der Waals surface area contributed by atoms with Crippen LogP contribution in [0, 0.1) is 0 Å². The number of nitrogen functional groups attached to an aromatic ring is 2. The maximum absolute atomic E-state index is 11.9. The van der Waals surface area contributed by atoms with Gasteiger partial charge in [-0.25, -0.2) is 0 Å². The van der Waals surface area contributed by atoms with E-state index in [1.807, 2.05) is 24.3 Å². The van der Waals surface area contributed by atoms with Crippen molar-refractivity contribution in [2.45, 2.75) is 12.3 Å². The van der Waals surface area contributed by atoms with Crippen molar-refractivity contribution in [2.24, 2.45) is 0 Å². The minimum Gasteiger partial charge on any atom is -0.497 e. The molecule has 7 nitrogen and oxygen atoms in total. The number of aromatic nitrogens is 2. The van der Waals surface area contributed by atoms with E-state index in [0.29, 0.717) is 17.2 Å². The first kappa shape index (κ1) is 13.2. The van der Waals surface area contributed by atoms with Gasteiger partial charge in [-0.1, -0.05) is 12.1 Å². The zero-order valence-corrected chi connectivity index (χ0v) is 11.5. The second-order valence-corrected chi connectivity index (χ2v) is 4.81. The Bertz CT molecular complexity index is 699. The minimum atomic E-state index is -0.194. The van der Waals surface area contributed by atoms with Crippen LogP contribution in [-0.2, 0) is 4.79 Å². The maximum Gasteiger partial charge on any atom is 0.226 e. The lowest BCUT2D eigenvalue weighted by molar-refractivity contribution is -0.116. The third kappa shape index (κ3) is 2.33. The predicted molar refractivity (Wildman–Crippen MR) is 78.9 cm³/mol. The Kier molecular flexibility index (Phi) is 3.09. The first-order valence-electron chi connectivity index (χ1n) is 6.45. The number of rotatable bonds is 2. The number of nitrogens with zero attached hydrogens (tertiary/aromatic N) is 2. The van der Waals surface area contributed by atoms with Gasteiger partial charge in [-0.3, -0.25) is 4.79 Å². The van der Waals surface area contributed by atoms with Crippen LogP contribution < -0.4 is 21.5 Å². The molecule has 0 aliphatic carbocycles. The number of carbonyl (C=O) groups is 1. The molecule has 0 fully saturated rings. The van der Waals surface area contributed by atoms with E-state index in [-0.39, 0.29) is 24.2 Å². The monoisotopic (exact) mass is 285 g/mol. The lowest BCUT2D eigenvalue weighted by atomic mass is 9.86. The summed E-state index contributed by atoms with van der Waals surface area (Å²) in [4.78, 5) is 19.9. The second-order valence-electron chi connectivity index (χ2n) is 4.81. The molecular weight excluding hydrogens is 270 g/mol. The number of nitrogens with two attached hydrogens (primary N) is 2. The summed E-state index contributed by atoms with van der Waals surface area (Å²) in [6.07, 6.45) is 0.288. The largest absolute Gasteiger partial charge is 0.497 e. The molecule has 0 saturated carbocycles. The molecule has 2 aromatic rings. The highest BCUT2D eigenvalue weighted by Crippen LogP contribution is 2.39. The molecule has 1 aromatic heterocycles. The lowest BCUT2D eigenvalue weighted by Gasteiger charge is -2.26. The first-order valence-corrected chi connectivity index (χ1v) is 6.45. The molecule has 3 rings (SSSR count). The van der Waals surface area contributed by atoms with Crippen LogP contribution in [0.25, 0.3) is 0 Å². The third-order valence-electron chi connectivity index (χ3n) is 3.51. The SMILES string of the molecule is COc1ccc(C2CC(=O)Nc3nc(N)nc(N)c32)cc1. The van der Waals surface area contributed by atoms with Gasteiger partial charge >= 0.3 is 0 Å². The van der Waals surface area contributed by atoms with Gasteiger partial charge in [0.25, 0.3) is 0 Å². The summed E-state index contributed by atoms with van der Waals surface area (Å²) in [5, 5.41) is 2.69. The average molecular weight is 285 g/mol. The molecule has 5 N–H and O–H groups in total. The van der Waals surface area contributed by atoms with Gasteiger partial charge in [0, 0.05) is 17.9 Å². The number of fused-ring (bicyclic) bond motifs is 1. The Balaban J connectivity index is 2.09. The summed E-state index contributed by atoms with van der Waals surface area (Å²) in [6, 6.07) is 7.50. The zero-order valence-electron chi connectivity index (χ0n) is 11.5. The fourth-order valence-corrected chi connectivity index (χ4v) is 2.53. The van der Waals surface area contributed by atoms with Crippen molar-refractivity contribution < 1.29 is 9.53 Å². The van der Waals surface area contributed by atoms with Crippen LogP contribution in [0.4, 0.5) is 17.6 Å². The molecule has 0 bridgehead atoms. The molecule has 108 valence electrons. The maximum atomic E-state index is 11.9. The summed E-state index contributed by atoms with van der Waals surface area (Å²) in [6.45, 7) is 0. The highest BCUT2D eigenvalue weighted by Gasteiger charge is 2.30. The van der Waals surface area contributed by atoms with Gasteiger partial charge in [-0.05, 0) is 17.7 Å². The summed E-state index contributed by atoms with van der Waals surface area (Å²) >= 11 is 0. The van der Waals surface area contributed by atoms with Crippen molar-refractivity contribution in [1.82, 2.24) is 9.97 Å². The molecular formula is C14H15N5O2. The van der Waals surface area contributed by atoms with E-state index in [0.717, 1.165) is 11.3 Å². The number of amides is 1. The fourth-order valence-electron chi connectivity index (χ4n) is 2.53. The van der Waals surface area contributed by atoms with Crippen molar-refractivity contribution in [3.8, 4) is 5.75 Å². The third-order valence-corrected chi connectivity index (χ3v) is 3.51. The molecule has 0 radical (unpaired) electrons. The molecule has 1 unspecified atom stereocenters. The van der Waals surface area contributed by atoms with E-state index in [1.54, 1.807) is 7.11 Å². The van der Waals surface area contributed by atoms with Gasteiger partial charge < -0.3 is 21.5 Å². The molecule has 0 saturated heterocycles. The van der Waals surface area contributed by atoms with Gasteiger partial charge in [0.2, 0.25) is 11.9 Å². The molecule has 0 spiro atoms. The highest BCUT2D eigenvalue weighted by atomic mass is 16.5. The van der Waals surface area contributed by atoms with E-state index < -0.39 is 0 Å². The van der Waals surface area contributed by atoms with E-state index in [2.05, 4.69) is 15.3 Å². The molecule has 1 amide bonds. The number of ether oxygens (including phenoxy) is 1. The van der Waals surface area contributed by atoms with E-state index in [9.17, 15) is 4.79 Å². The van der Waals surface area contributed by atoms with Crippen molar-refractivity contribution in [3.05, 3.63) is 35.4 Å². The van der Waals surface area contributed by atoms with E-state index in [1.165, 1.54) is 0 Å². The van der Waals surface area contributed by atoms with Crippen LogP contribution in [0.15, 0.2) is 24.3 Å². The Morgan fingerprint density at radius 2 is 1.95 bits per heavy atom. The predicted octanol–water partition coefficient (Wildman–Crippen LogP) is 1.12. The van der Waals surface area contributed by atoms with Crippen LogP contribution in [0.1, 0.15) is 23.5 Å². The van der Waals surface area contributed by atoms with Crippen molar-refractivity contribution >= 4 is 23.5 Å². The normalized spacial score (nSPS) is 17.0. The van der Waals surface area contributed by atoms with Crippen LogP contribution in [0.2, 0.25) is 0 Å². The second kappa shape index (κ2) is 4.93. The summed E-state index contributed by atoms with van der Waals surface area (Å²) in [5.41, 5.74) is 13.2. The van der Waals surface area contributed by atoms with Crippen LogP contribution >= 0.6 is 0 Å². The zero-order chi connectivity index (χ0) is 15.0. The Morgan fingerprint density at radius 3 is 2.62 bits per heavy atom. The Labute approximate surface area is 121 Å². The van der Waals surface area contributed by atoms with Crippen molar-refractivity contribution in [3.63, 3.8) is 0 Å². The number of hydrogen-bond donors (Lipinski definition) is 3. The van der Waals surface area contributed by atoms with Gasteiger partial charge in [0.15, 0.2) is 0 Å². The number of hydrogen-bond acceptors (Lipinski definition) is 6. The Hall–Kier alpha value is -2.83. The summed E-state index contributed by atoms with van der Waals surface area (Å²) in [5.74, 6) is 1.15. The fraction of sp³-hybridized carbons (Fsp3) is 0.214. The molecule has 1 aliphatic heterocycles. The van der Waals surface area contributed by atoms with Crippen LogP contribution in [0.3, 0.4) is 0 Å². The molecule has 2 heterocycles. The smallest absolute Gasteiger partial charge is 0.226 e. The summed E-state index contributed by atoms with van der Waals surface area (Å²) < 4.78 is 5.14. The number of methoxy groups -OCH3 is 1. The summed E-state index contributed by atoms with van der Waals surface area (Å²) in [7, 11) is 1.60. The van der Waals surface area contributed by atoms with Gasteiger partial charge in [-0.2, -0.15) is 9.97 Å². The van der Waals surface area contributed by atoms with Crippen LogP contribution in [0.5, 0.6) is 5.75 Å². The number of benzene rings is 1. The van der Waals surface area contributed by atoms with Crippen LogP contribution in [-0.4, -0.2) is 23.0 Å². The molecule has 21 heavy (non-hydrogen) atoms. The molecule has 1 aliphatic rings. The van der Waals surface area contributed by atoms with Gasteiger partial charge in [0.05, 0.1) is 7.11 Å². The lowest BCUT2D eigenvalue weighted by Crippen LogP contribution is -2.26. The molecule has 7 heteroatoms. The number of carbonyl (C=O) groups excluding carboxylic acids is 1. The number of nitrogens with one attached hydrogen (secondary N) is 1. The minimum absolute atomic E-state index is 0.0435. The van der Waals surface area contributed by atoms with Crippen molar-refractivity contribution in [2.75, 3.05) is 23.9 Å². The van der Waals surface area contributed by atoms with E-state index >= 15 is 0 Å². The van der Waals surface area contributed by atoms with E-state index in [4.69, 9.17) is 16.2 Å². The standard InChI is InChI=1S/C14H15N5O2/c1-21-8-4-2-7(3-5-8)9-6-10(20)17-13-11(9)12(15)18-14(16)19-13/h2-5,9H,6H2,1H3,(H5,15,16,17,18,19,20). The van der Waals surface area contributed by atoms with Gasteiger partial charge in [-0.15, -0.1) is 0 Å². The average Bonchev–Trinajstić information content (AvgIpc) is 2.45. The molecule has 1 aromatic carbocycles. The Morgan fingerprint density at radius 1 is 1.24 bits per heavy atom.